The highest BCUT2D eigenvalue weighted by Crippen LogP contribution is 2.47. The van der Waals surface area contributed by atoms with Crippen molar-refractivity contribution in [3.63, 3.8) is 0 Å². The predicted octanol–water partition coefficient (Wildman–Crippen LogP) is 6.85. The molecule has 0 bridgehead atoms. The van der Waals surface area contributed by atoms with Crippen LogP contribution in [-0.2, 0) is 0 Å². The van der Waals surface area contributed by atoms with Gasteiger partial charge < -0.3 is 0 Å². The van der Waals surface area contributed by atoms with Crippen LogP contribution in [0, 0.1) is 6.92 Å². The third-order valence-electron chi connectivity index (χ3n) is 3.77. The molecule has 0 saturated carbocycles. The minimum Gasteiger partial charge on any atom is -0.0683 e. The van der Waals surface area contributed by atoms with E-state index in [-0.39, 0.29) is 0 Å². The largest absolute Gasteiger partial charge is 0.0683 e. The zero-order valence-corrected chi connectivity index (χ0v) is 13.7. The summed E-state index contributed by atoms with van der Waals surface area (Å²) in [6, 6.07) is 19.8. The van der Waals surface area contributed by atoms with Gasteiger partial charge in [0.2, 0.25) is 0 Å². The lowest BCUT2D eigenvalue weighted by atomic mass is 9.99. The van der Waals surface area contributed by atoms with Crippen molar-refractivity contribution in [3.05, 3.63) is 60.2 Å². The fourth-order valence-electron chi connectivity index (χ4n) is 2.95. The third kappa shape index (κ3) is 2.35. The molecule has 0 atom stereocenters. The minimum atomic E-state index is 1.36. The zero-order valence-electron chi connectivity index (χ0n) is 13.7. The van der Waals surface area contributed by atoms with Crippen LogP contribution < -0.4 is 0 Å². The number of rotatable bonds is 0. The molecule has 0 amide bonds. The van der Waals surface area contributed by atoms with Crippen LogP contribution in [0.2, 0.25) is 0 Å². The van der Waals surface area contributed by atoms with E-state index in [0.717, 1.165) is 0 Å². The molecular weight excluding hydrogens is 252 g/mol. The summed E-state index contributed by atoms with van der Waals surface area (Å²) in [4.78, 5) is 0. The maximum atomic E-state index is 2.26. The van der Waals surface area contributed by atoms with E-state index >= 15 is 0 Å². The van der Waals surface area contributed by atoms with Crippen LogP contribution >= 0.6 is 0 Å². The van der Waals surface area contributed by atoms with E-state index in [1.54, 1.807) is 0 Å². The highest BCUT2D eigenvalue weighted by molar-refractivity contribution is 6.15. The Labute approximate surface area is 128 Å². The summed E-state index contributed by atoms with van der Waals surface area (Å²) >= 11 is 0. The van der Waals surface area contributed by atoms with Crippen molar-refractivity contribution < 1.29 is 0 Å². The third-order valence-corrected chi connectivity index (χ3v) is 3.77. The van der Waals surface area contributed by atoms with E-state index in [0.29, 0.717) is 0 Å². The van der Waals surface area contributed by atoms with Crippen molar-refractivity contribution in [3.8, 4) is 22.3 Å². The van der Waals surface area contributed by atoms with Crippen LogP contribution in [0.5, 0.6) is 0 Å². The van der Waals surface area contributed by atoms with Crippen molar-refractivity contribution >= 4 is 10.8 Å². The molecule has 3 aromatic carbocycles. The molecule has 0 saturated heterocycles. The second-order valence-corrected chi connectivity index (χ2v) is 4.70. The first-order valence-corrected chi connectivity index (χ1v) is 7.98. The van der Waals surface area contributed by atoms with Gasteiger partial charge >= 0.3 is 0 Å². The predicted molar refractivity (Wildman–Crippen MR) is 95.8 cm³/mol. The molecule has 4 rings (SSSR count). The number of fused-ring (bicyclic) bond motifs is 3. The topological polar surface area (TPSA) is 0 Å². The van der Waals surface area contributed by atoms with Crippen LogP contribution in [0.15, 0.2) is 54.6 Å². The van der Waals surface area contributed by atoms with Crippen molar-refractivity contribution in [2.75, 3.05) is 0 Å². The van der Waals surface area contributed by atoms with Gasteiger partial charge in [0.15, 0.2) is 0 Å². The minimum absolute atomic E-state index is 1.36. The summed E-state index contributed by atoms with van der Waals surface area (Å²) in [5.41, 5.74) is 6.88. The van der Waals surface area contributed by atoms with Crippen LogP contribution in [-0.4, -0.2) is 0 Å². The summed E-state index contributed by atoms with van der Waals surface area (Å²) in [5.74, 6) is 0. The maximum Gasteiger partial charge on any atom is -0.00237 e. The van der Waals surface area contributed by atoms with Crippen LogP contribution in [0.25, 0.3) is 33.0 Å². The molecule has 0 spiro atoms. The van der Waals surface area contributed by atoms with E-state index in [4.69, 9.17) is 0 Å². The number of benzene rings is 3. The molecule has 1 aliphatic carbocycles. The molecule has 0 aliphatic heterocycles. The summed E-state index contributed by atoms with van der Waals surface area (Å²) < 4.78 is 0. The van der Waals surface area contributed by atoms with Gasteiger partial charge in [-0.25, -0.2) is 0 Å². The molecule has 1 aliphatic rings. The molecule has 0 heterocycles. The van der Waals surface area contributed by atoms with Crippen molar-refractivity contribution in [2.45, 2.75) is 34.6 Å². The molecular formula is C21H24. The van der Waals surface area contributed by atoms with Crippen molar-refractivity contribution in [1.82, 2.24) is 0 Å². The van der Waals surface area contributed by atoms with Gasteiger partial charge in [0, 0.05) is 0 Å². The average Bonchev–Trinajstić information content (AvgIpc) is 2.91. The highest BCUT2D eigenvalue weighted by atomic mass is 14.2. The molecule has 0 heteroatoms. The molecule has 0 unspecified atom stereocenters. The second-order valence-electron chi connectivity index (χ2n) is 4.70. The summed E-state index contributed by atoms with van der Waals surface area (Å²) in [6.45, 7) is 10.2. The van der Waals surface area contributed by atoms with Crippen LogP contribution in [0.4, 0.5) is 0 Å². The summed E-state index contributed by atoms with van der Waals surface area (Å²) in [6.07, 6.45) is 0. The molecule has 0 fully saturated rings. The van der Waals surface area contributed by atoms with Crippen molar-refractivity contribution in [1.29, 1.82) is 0 Å². The molecule has 0 radical (unpaired) electrons. The van der Waals surface area contributed by atoms with E-state index < -0.39 is 0 Å². The summed E-state index contributed by atoms with van der Waals surface area (Å²) in [5, 5.41) is 2.81. The average molecular weight is 276 g/mol. The van der Waals surface area contributed by atoms with Gasteiger partial charge in [0.05, 0.1) is 0 Å². The Morgan fingerprint density at radius 1 is 0.524 bits per heavy atom. The molecule has 3 aromatic rings. The first-order chi connectivity index (χ1) is 10.4. The van der Waals surface area contributed by atoms with E-state index in [1.807, 2.05) is 27.7 Å². The van der Waals surface area contributed by atoms with Gasteiger partial charge in [-0.3, -0.25) is 0 Å². The Balaban J connectivity index is 0.000000374. The number of hydrogen-bond acceptors (Lipinski definition) is 0. The van der Waals surface area contributed by atoms with E-state index in [2.05, 4.69) is 61.5 Å². The zero-order chi connectivity index (χ0) is 15.4. The highest BCUT2D eigenvalue weighted by Gasteiger charge is 2.20. The van der Waals surface area contributed by atoms with Gasteiger partial charge in [-0.15, -0.1) is 0 Å². The monoisotopic (exact) mass is 276 g/mol. The summed E-state index contributed by atoms with van der Waals surface area (Å²) in [7, 11) is 0. The number of aryl methyl sites for hydroxylation is 1. The Kier molecular flexibility index (Phi) is 4.80. The van der Waals surface area contributed by atoms with Gasteiger partial charge in [0.1, 0.15) is 0 Å². The molecule has 0 N–H and O–H groups in total. The standard InChI is InChI=1S/C17H12.2C2H6/c1-11-9-10-16-14-6-3-2-5-13(14)15-8-4-7-12(11)17(15)16;2*1-2/h2-10H,1H3;2*1-2H3. The fraction of sp³-hybridized carbons (Fsp3) is 0.238. The molecule has 21 heavy (non-hydrogen) atoms. The first kappa shape index (κ1) is 15.3. The fourth-order valence-corrected chi connectivity index (χ4v) is 2.95. The quantitative estimate of drug-likeness (QED) is 0.329. The maximum absolute atomic E-state index is 2.26. The first-order valence-electron chi connectivity index (χ1n) is 7.98. The van der Waals surface area contributed by atoms with Gasteiger partial charge in [-0.2, -0.15) is 0 Å². The number of hydrogen-bond donors (Lipinski definition) is 0. The Hall–Kier alpha value is -2.08. The normalized spacial score (nSPS) is 10.1. The van der Waals surface area contributed by atoms with Crippen molar-refractivity contribution in [2.24, 2.45) is 0 Å². The SMILES string of the molecule is CC.CC.Cc1ccc2c3c(cccc13)-c1ccccc1-2. The van der Waals surface area contributed by atoms with Crippen LogP contribution in [0.3, 0.4) is 0 Å². The van der Waals surface area contributed by atoms with Gasteiger partial charge in [0.25, 0.3) is 0 Å². The van der Waals surface area contributed by atoms with E-state index in [1.165, 1.54) is 38.6 Å². The Morgan fingerprint density at radius 2 is 1.05 bits per heavy atom. The van der Waals surface area contributed by atoms with Gasteiger partial charge in [-0.05, 0) is 45.5 Å². The molecule has 0 aromatic heterocycles. The lowest BCUT2D eigenvalue weighted by Crippen LogP contribution is -1.79. The van der Waals surface area contributed by atoms with E-state index in [9.17, 15) is 0 Å². The lowest BCUT2D eigenvalue weighted by Gasteiger charge is -2.04. The molecule has 108 valence electrons. The second kappa shape index (κ2) is 6.58. The lowest BCUT2D eigenvalue weighted by molar-refractivity contribution is 1.50. The van der Waals surface area contributed by atoms with Crippen LogP contribution in [0.1, 0.15) is 33.3 Å². The Bertz CT molecular complexity index is 722. The molecule has 0 nitrogen and oxygen atoms in total. The Morgan fingerprint density at radius 3 is 1.67 bits per heavy atom. The smallest absolute Gasteiger partial charge is 0.00237 e. The van der Waals surface area contributed by atoms with Gasteiger partial charge in [-0.1, -0.05) is 82.3 Å².